The summed E-state index contributed by atoms with van der Waals surface area (Å²) >= 11 is 0. The topological polar surface area (TPSA) is 97.1 Å². The molecule has 8 heteroatoms. The third-order valence-corrected chi connectivity index (χ3v) is 4.36. The molecule has 2 aromatic rings. The van der Waals surface area contributed by atoms with Gasteiger partial charge in [-0.15, -0.1) is 0 Å². The summed E-state index contributed by atoms with van der Waals surface area (Å²) in [5.41, 5.74) is 0.640. The minimum atomic E-state index is -0.902. The second-order valence-corrected chi connectivity index (χ2v) is 6.05. The van der Waals surface area contributed by atoms with Gasteiger partial charge < -0.3 is 14.1 Å². The van der Waals surface area contributed by atoms with Crippen LogP contribution in [0.25, 0.3) is 0 Å². The molecule has 0 saturated carbocycles. The Balaban J connectivity index is 1.83. The number of nitrogens with zero attached hydrogens (tertiary/aromatic N) is 2. The summed E-state index contributed by atoms with van der Waals surface area (Å²) in [7, 11) is 1.27. The third-order valence-electron chi connectivity index (χ3n) is 4.36. The molecule has 1 saturated heterocycles. The maximum Gasteiger partial charge on any atom is 0.337 e. The Labute approximate surface area is 155 Å². The lowest BCUT2D eigenvalue weighted by atomic mass is 10.2. The average Bonchev–Trinajstić information content (AvgIpc) is 3.27. The zero-order chi connectivity index (χ0) is 19.6. The van der Waals surface area contributed by atoms with Crippen LogP contribution in [0.3, 0.4) is 0 Å². The van der Waals surface area contributed by atoms with E-state index in [0.717, 1.165) is 4.90 Å². The largest absolute Gasteiger partial charge is 0.467 e. The van der Waals surface area contributed by atoms with E-state index in [4.69, 9.17) is 4.42 Å². The van der Waals surface area contributed by atoms with Gasteiger partial charge in [0.15, 0.2) is 0 Å². The molecule has 1 aliphatic rings. The van der Waals surface area contributed by atoms with Crippen LogP contribution >= 0.6 is 0 Å². The summed E-state index contributed by atoms with van der Waals surface area (Å²) < 4.78 is 9.88. The summed E-state index contributed by atoms with van der Waals surface area (Å²) in [4.78, 5) is 51.2. The van der Waals surface area contributed by atoms with Gasteiger partial charge in [-0.3, -0.25) is 14.4 Å². The molecule has 0 radical (unpaired) electrons. The summed E-state index contributed by atoms with van der Waals surface area (Å²) in [5.74, 6) is -1.24. The first kappa shape index (κ1) is 18.4. The van der Waals surface area contributed by atoms with Crippen molar-refractivity contribution in [1.29, 1.82) is 0 Å². The fourth-order valence-corrected chi connectivity index (χ4v) is 3.01. The van der Waals surface area contributed by atoms with Crippen LogP contribution < -0.4 is 4.90 Å². The first-order valence-electron chi connectivity index (χ1n) is 8.27. The van der Waals surface area contributed by atoms with E-state index in [1.54, 1.807) is 12.1 Å². The predicted molar refractivity (Wildman–Crippen MR) is 93.6 cm³/mol. The molecule has 3 rings (SSSR count). The molecule has 140 valence electrons. The third kappa shape index (κ3) is 3.59. The van der Waals surface area contributed by atoms with E-state index < -0.39 is 23.8 Å². The second-order valence-electron chi connectivity index (χ2n) is 6.05. The minimum absolute atomic E-state index is 0.0984. The molecule has 1 aliphatic heterocycles. The SMILES string of the molecule is COC(=O)c1ccc(N2C(=O)CC(N(Cc3ccco3)C(C)=O)C2=O)cc1. The Morgan fingerprint density at radius 1 is 1.22 bits per heavy atom. The quantitative estimate of drug-likeness (QED) is 0.588. The van der Waals surface area contributed by atoms with Gasteiger partial charge in [0, 0.05) is 6.92 Å². The fraction of sp³-hybridized carbons (Fsp3) is 0.263. The minimum Gasteiger partial charge on any atom is -0.467 e. The van der Waals surface area contributed by atoms with E-state index >= 15 is 0 Å². The number of carbonyl (C=O) groups is 4. The lowest BCUT2D eigenvalue weighted by Gasteiger charge is -2.25. The Bertz CT molecular complexity index is 872. The van der Waals surface area contributed by atoms with E-state index in [-0.39, 0.29) is 18.9 Å². The van der Waals surface area contributed by atoms with Gasteiger partial charge in [0.05, 0.1) is 37.6 Å². The van der Waals surface area contributed by atoms with E-state index in [9.17, 15) is 19.2 Å². The molecule has 3 amide bonds. The molecule has 0 N–H and O–H groups in total. The summed E-state index contributed by atoms with van der Waals surface area (Å²) in [5, 5.41) is 0. The zero-order valence-electron chi connectivity index (χ0n) is 14.9. The number of amides is 3. The molecule has 1 unspecified atom stereocenters. The molecular weight excluding hydrogens is 352 g/mol. The van der Waals surface area contributed by atoms with Crippen LogP contribution in [0.1, 0.15) is 29.5 Å². The molecule has 8 nitrogen and oxygen atoms in total. The summed E-state index contributed by atoms with van der Waals surface area (Å²) in [6.45, 7) is 1.44. The van der Waals surface area contributed by atoms with Crippen molar-refractivity contribution in [3.05, 3.63) is 54.0 Å². The normalized spacial score (nSPS) is 16.5. The molecule has 2 heterocycles. The van der Waals surface area contributed by atoms with E-state index in [1.807, 2.05) is 0 Å². The number of hydrogen-bond acceptors (Lipinski definition) is 6. The maximum absolute atomic E-state index is 12.9. The van der Waals surface area contributed by atoms with Crippen LogP contribution in [-0.2, 0) is 25.7 Å². The van der Waals surface area contributed by atoms with E-state index in [1.165, 1.54) is 49.5 Å². The van der Waals surface area contributed by atoms with Crippen molar-refractivity contribution in [3.8, 4) is 0 Å². The molecule has 27 heavy (non-hydrogen) atoms. The highest BCUT2D eigenvalue weighted by Gasteiger charge is 2.43. The van der Waals surface area contributed by atoms with Gasteiger partial charge in [0.1, 0.15) is 11.8 Å². The lowest BCUT2D eigenvalue weighted by Crippen LogP contribution is -2.44. The molecular formula is C19H18N2O6. The van der Waals surface area contributed by atoms with Crippen molar-refractivity contribution < 1.29 is 28.3 Å². The first-order chi connectivity index (χ1) is 12.9. The summed E-state index contributed by atoms with van der Waals surface area (Å²) in [6.07, 6.45) is 1.36. The lowest BCUT2D eigenvalue weighted by molar-refractivity contribution is -0.137. The average molecular weight is 370 g/mol. The first-order valence-corrected chi connectivity index (χ1v) is 8.27. The highest BCUT2D eigenvalue weighted by Crippen LogP contribution is 2.27. The van der Waals surface area contributed by atoms with Crippen LogP contribution in [0.2, 0.25) is 0 Å². The van der Waals surface area contributed by atoms with Crippen molar-refractivity contribution in [1.82, 2.24) is 4.90 Å². The Morgan fingerprint density at radius 2 is 1.93 bits per heavy atom. The van der Waals surface area contributed by atoms with Crippen molar-refractivity contribution in [2.75, 3.05) is 12.0 Å². The number of anilines is 1. The molecule has 0 aliphatic carbocycles. The Kier molecular flexibility index (Phi) is 5.07. The van der Waals surface area contributed by atoms with Gasteiger partial charge in [-0.1, -0.05) is 0 Å². The van der Waals surface area contributed by atoms with Gasteiger partial charge in [0.25, 0.3) is 5.91 Å². The molecule has 0 bridgehead atoms. The smallest absolute Gasteiger partial charge is 0.337 e. The predicted octanol–water partition coefficient (Wildman–Crippen LogP) is 1.75. The van der Waals surface area contributed by atoms with E-state index in [0.29, 0.717) is 17.0 Å². The summed E-state index contributed by atoms with van der Waals surface area (Å²) in [6, 6.07) is 8.41. The van der Waals surface area contributed by atoms with Crippen molar-refractivity contribution in [3.63, 3.8) is 0 Å². The molecule has 0 spiro atoms. The zero-order valence-corrected chi connectivity index (χ0v) is 14.9. The number of rotatable bonds is 5. The maximum atomic E-state index is 12.9. The number of ether oxygens (including phenoxy) is 1. The van der Waals surface area contributed by atoms with Gasteiger partial charge in [-0.25, -0.2) is 9.69 Å². The van der Waals surface area contributed by atoms with Gasteiger partial charge in [0.2, 0.25) is 11.8 Å². The highest BCUT2D eigenvalue weighted by atomic mass is 16.5. The van der Waals surface area contributed by atoms with Crippen LogP contribution in [0.15, 0.2) is 47.1 Å². The standard InChI is InChI=1S/C19H18N2O6/c1-12(22)20(11-15-4-3-9-27-15)16-10-17(23)21(18(16)24)14-7-5-13(6-8-14)19(25)26-2/h3-9,16H,10-11H2,1-2H3. The molecule has 1 aromatic carbocycles. The number of furan rings is 1. The number of esters is 1. The number of methoxy groups -OCH3 is 1. The molecule has 1 aromatic heterocycles. The van der Waals surface area contributed by atoms with E-state index in [2.05, 4.69) is 4.74 Å². The highest BCUT2D eigenvalue weighted by molar-refractivity contribution is 6.23. The number of imide groups is 1. The number of benzene rings is 1. The van der Waals surface area contributed by atoms with Gasteiger partial charge in [-0.05, 0) is 36.4 Å². The Morgan fingerprint density at radius 3 is 2.48 bits per heavy atom. The molecule has 1 atom stereocenters. The van der Waals surface area contributed by atoms with Crippen molar-refractivity contribution >= 4 is 29.4 Å². The van der Waals surface area contributed by atoms with Crippen molar-refractivity contribution in [2.24, 2.45) is 0 Å². The van der Waals surface area contributed by atoms with Gasteiger partial charge in [-0.2, -0.15) is 0 Å². The Hall–Kier alpha value is -3.42. The molecule has 1 fully saturated rings. The number of hydrogen-bond donors (Lipinski definition) is 0. The monoisotopic (exact) mass is 370 g/mol. The van der Waals surface area contributed by atoms with Gasteiger partial charge >= 0.3 is 5.97 Å². The van der Waals surface area contributed by atoms with Crippen LogP contribution in [-0.4, -0.2) is 41.7 Å². The van der Waals surface area contributed by atoms with Crippen LogP contribution in [0.4, 0.5) is 5.69 Å². The second kappa shape index (κ2) is 7.45. The number of carbonyl (C=O) groups excluding carboxylic acids is 4. The van der Waals surface area contributed by atoms with Crippen LogP contribution in [0, 0.1) is 0 Å². The van der Waals surface area contributed by atoms with Crippen LogP contribution in [0.5, 0.6) is 0 Å². The fourth-order valence-electron chi connectivity index (χ4n) is 3.01. The van der Waals surface area contributed by atoms with Crippen molar-refractivity contribution in [2.45, 2.75) is 25.9 Å².